The van der Waals surface area contributed by atoms with E-state index >= 15 is 0 Å². The van der Waals surface area contributed by atoms with Crippen LogP contribution in [0.15, 0.2) is 0 Å². The molecule has 6 heteroatoms. The highest BCUT2D eigenvalue weighted by molar-refractivity contribution is 5.69. The number of aliphatic hydroxyl groups excluding tert-OH is 3. The maximum absolute atomic E-state index is 12.7. The van der Waals surface area contributed by atoms with Crippen molar-refractivity contribution >= 4 is 5.97 Å². The molecule has 2 unspecified atom stereocenters. The van der Waals surface area contributed by atoms with Gasteiger partial charge >= 0.3 is 5.97 Å². The van der Waals surface area contributed by atoms with Crippen LogP contribution in [0.2, 0.25) is 0 Å². The lowest BCUT2D eigenvalue weighted by atomic mass is 9.99. The molecule has 0 amide bonds. The van der Waals surface area contributed by atoms with Crippen molar-refractivity contribution in [3.8, 4) is 0 Å². The van der Waals surface area contributed by atoms with Crippen molar-refractivity contribution in [1.29, 1.82) is 0 Å². The zero-order valence-electron chi connectivity index (χ0n) is 37.5. The highest BCUT2D eigenvalue weighted by atomic mass is 16.5. The summed E-state index contributed by atoms with van der Waals surface area (Å²) in [6.45, 7) is 9.93. The van der Waals surface area contributed by atoms with Gasteiger partial charge in [-0.15, -0.1) is 0 Å². The molecule has 0 aromatic heterocycles. The fourth-order valence-corrected chi connectivity index (χ4v) is 8.05. The van der Waals surface area contributed by atoms with Gasteiger partial charge in [0.15, 0.2) is 0 Å². The lowest BCUT2D eigenvalue weighted by molar-refractivity contribution is -0.150. The van der Waals surface area contributed by atoms with Crippen LogP contribution in [0.4, 0.5) is 0 Å². The van der Waals surface area contributed by atoms with Crippen molar-refractivity contribution in [2.75, 3.05) is 26.2 Å². The molecule has 0 saturated carbocycles. The van der Waals surface area contributed by atoms with E-state index in [0.29, 0.717) is 6.42 Å². The number of nitrogens with zero attached hydrogens (tertiary/aromatic N) is 1. The first-order chi connectivity index (χ1) is 27.0. The van der Waals surface area contributed by atoms with Crippen LogP contribution in [0.25, 0.3) is 0 Å². The summed E-state index contributed by atoms with van der Waals surface area (Å²) in [5.41, 5.74) is 0. The van der Waals surface area contributed by atoms with Crippen molar-refractivity contribution in [2.24, 2.45) is 0 Å². The van der Waals surface area contributed by atoms with Crippen molar-refractivity contribution in [1.82, 2.24) is 4.90 Å². The van der Waals surface area contributed by atoms with Crippen LogP contribution in [0.5, 0.6) is 0 Å². The van der Waals surface area contributed by atoms with Gasteiger partial charge in [-0.25, -0.2) is 0 Å². The van der Waals surface area contributed by atoms with E-state index in [1.807, 2.05) is 0 Å². The number of hydrogen-bond donors (Lipinski definition) is 3. The average molecular weight is 782 g/mol. The maximum atomic E-state index is 12.7. The van der Waals surface area contributed by atoms with Crippen LogP contribution in [-0.4, -0.2) is 70.7 Å². The summed E-state index contributed by atoms with van der Waals surface area (Å²) in [7, 11) is 0. The summed E-state index contributed by atoms with van der Waals surface area (Å²) in [4.78, 5) is 15.2. The number of carbonyl (C=O) groups is 1. The Labute approximate surface area is 344 Å². The topological polar surface area (TPSA) is 90.2 Å². The monoisotopic (exact) mass is 782 g/mol. The third kappa shape index (κ3) is 39.9. The summed E-state index contributed by atoms with van der Waals surface area (Å²) in [5.74, 6) is 0.0228. The van der Waals surface area contributed by atoms with Gasteiger partial charge in [-0.2, -0.15) is 0 Å². The predicted molar refractivity (Wildman–Crippen MR) is 238 cm³/mol. The number of carbonyl (C=O) groups excluding carboxylic acids is 1. The number of unbranched alkanes of at least 4 members (excludes halogenated alkanes) is 28. The number of aliphatic hydroxyl groups is 3. The van der Waals surface area contributed by atoms with Gasteiger partial charge in [0.2, 0.25) is 0 Å². The van der Waals surface area contributed by atoms with E-state index in [0.717, 1.165) is 77.4 Å². The fourth-order valence-electron chi connectivity index (χ4n) is 8.05. The van der Waals surface area contributed by atoms with E-state index in [1.54, 1.807) is 0 Å². The third-order valence-electron chi connectivity index (χ3n) is 11.9. The Morgan fingerprint density at radius 3 is 1.09 bits per heavy atom. The van der Waals surface area contributed by atoms with Gasteiger partial charge in [0, 0.05) is 13.0 Å². The molecule has 0 rings (SSSR count). The van der Waals surface area contributed by atoms with E-state index in [4.69, 9.17) is 4.74 Å². The molecule has 330 valence electrons. The van der Waals surface area contributed by atoms with Crippen molar-refractivity contribution in [3.05, 3.63) is 0 Å². The number of esters is 1. The second-order valence-electron chi connectivity index (χ2n) is 17.3. The molecule has 0 spiro atoms. The van der Waals surface area contributed by atoms with Gasteiger partial charge in [-0.1, -0.05) is 201 Å². The fraction of sp³-hybridized carbons (Fsp3) is 0.980. The zero-order chi connectivity index (χ0) is 40.3. The van der Waals surface area contributed by atoms with Gasteiger partial charge in [0.05, 0.1) is 18.8 Å². The molecule has 0 fully saturated rings. The van der Waals surface area contributed by atoms with Gasteiger partial charge < -0.3 is 25.0 Å². The van der Waals surface area contributed by atoms with Gasteiger partial charge in [-0.05, 0) is 70.9 Å². The van der Waals surface area contributed by atoms with Crippen LogP contribution < -0.4 is 0 Å². The Hall–Kier alpha value is -0.690. The number of ether oxygens (including phenoxy) is 1. The molecule has 3 N–H and O–H groups in total. The van der Waals surface area contributed by atoms with Gasteiger partial charge in [0.1, 0.15) is 6.10 Å². The first-order valence-corrected chi connectivity index (χ1v) is 24.9. The Bertz CT molecular complexity index is 735. The highest BCUT2D eigenvalue weighted by Gasteiger charge is 2.16. The van der Waals surface area contributed by atoms with E-state index in [9.17, 15) is 20.1 Å². The van der Waals surface area contributed by atoms with E-state index < -0.39 is 12.2 Å². The highest BCUT2D eigenvalue weighted by Crippen LogP contribution is 2.19. The Balaban J connectivity index is 3.88. The Kier molecular flexibility index (Phi) is 43.9. The van der Waals surface area contributed by atoms with Crippen LogP contribution >= 0.6 is 0 Å². The lowest BCUT2D eigenvalue weighted by Crippen LogP contribution is -2.29. The Morgan fingerprint density at radius 1 is 0.418 bits per heavy atom. The van der Waals surface area contributed by atoms with Crippen LogP contribution in [0.1, 0.15) is 265 Å². The van der Waals surface area contributed by atoms with E-state index in [-0.39, 0.29) is 18.7 Å². The summed E-state index contributed by atoms with van der Waals surface area (Å²) < 4.78 is 6.03. The molecular weight excluding hydrogens is 683 g/mol. The predicted octanol–water partition coefficient (Wildman–Crippen LogP) is 13.8. The number of hydrogen-bond acceptors (Lipinski definition) is 6. The molecular formula is C49H99NO5. The van der Waals surface area contributed by atoms with Crippen LogP contribution in [0, 0.1) is 0 Å². The molecule has 0 heterocycles. The SMILES string of the molecule is CCCCCCCCC(CCCCCCCC)OC(=O)CCCCCCCN(CCO)CCCCCCCCCCCCC(O)C(O)CCCCCCCC. The summed E-state index contributed by atoms with van der Waals surface area (Å²) in [6, 6.07) is 0. The first-order valence-electron chi connectivity index (χ1n) is 24.9. The van der Waals surface area contributed by atoms with Crippen molar-refractivity contribution in [2.45, 2.75) is 283 Å². The molecule has 0 bridgehead atoms. The number of rotatable bonds is 46. The molecule has 0 aromatic rings. The quantitative estimate of drug-likeness (QED) is 0.0421. The minimum Gasteiger partial charge on any atom is -0.462 e. The van der Waals surface area contributed by atoms with Crippen LogP contribution in [-0.2, 0) is 9.53 Å². The van der Waals surface area contributed by atoms with Gasteiger partial charge in [0.25, 0.3) is 0 Å². The largest absolute Gasteiger partial charge is 0.462 e. The molecule has 0 aliphatic heterocycles. The molecule has 55 heavy (non-hydrogen) atoms. The minimum absolute atomic E-state index is 0.0228. The third-order valence-corrected chi connectivity index (χ3v) is 11.9. The summed E-state index contributed by atoms with van der Waals surface area (Å²) in [6.07, 6.45) is 43.9. The maximum Gasteiger partial charge on any atom is 0.306 e. The van der Waals surface area contributed by atoms with Crippen molar-refractivity contribution in [3.63, 3.8) is 0 Å². The zero-order valence-corrected chi connectivity index (χ0v) is 37.5. The van der Waals surface area contributed by atoms with Gasteiger partial charge in [-0.3, -0.25) is 4.79 Å². The van der Waals surface area contributed by atoms with Crippen LogP contribution in [0.3, 0.4) is 0 Å². The minimum atomic E-state index is -0.546. The average Bonchev–Trinajstić information content (AvgIpc) is 3.18. The van der Waals surface area contributed by atoms with E-state index in [1.165, 1.54) is 180 Å². The lowest BCUT2D eigenvalue weighted by Gasteiger charge is -2.21. The summed E-state index contributed by atoms with van der Waals surface area (Å²) >= 11 is 0. The second-order valence-corrected chi connectivity index (χ2v) is 17.3. The summed E-state index contributed by atoms with van der Waals surface area (Å²) in [5, 5.41) is 30.1. The molecule has 0 aliphatic carbocycles. The molecule has 0 aliphatic rings. The second kappa shape index (κ2) is 44.4. The van der Waals surface area contributed by atoms with E-state index in [2.05, 4.69) is 25.7 Å². The molecule has 6 nitrogen and oxygen atoms in total. The standard InChI is InChI=1S/C49H99NO5/c1-4-7-10-13-23-30-37-46(38-31-24-14-11-8-5-2)55-49(54)41-34-27-22-29-36-43-50(44-45-51)42-35-28-21-19-17-16-18-20-26-33-40-48(53)47(52)39-32-25-15-12-9-6-3/h46-48,51-53H,4-45H2,1-3H3. The molecule has 0 saturated heterocycles. The first kappa shape index (κ1) is 54.3. The molecule has 0 radical (unpaired) electrons. The Morgan fingerprint density at radius 2 is 0.727 bits per heavy atom. The normalized spacial score (nSPS) is 12.9. The smallest absolute Gasteiger partial charge is 0.306 e. The molecule has 2 atom stereocenters. The molecule has 0 aromatic carbocycles. The van der Waals surface area contributed by atoms with Crippen molar-refractivity contribution < 1.29 is 24.9 Å².